The van der Waals surface area contributed by atoms with Crippen LogP contribution in [0.1, 0.15) is 20.3 Å². The molecule has 12 heteroatoms. The third-order valence-electron chi connectivity index (χ3n) is 5.34. The summed E-state index contributed by atoms with van der Waals surface area (Å²) >= 11 is 12.0. The van der Waals surface area contributed by atoms with Gasteiger partial charge in [-0.15, -0.1) is 11.6 Å². The number of rotatable bonds is 6. The minimum Gasteiger partial charge on any atom is -0.364 e. The summed E-state index contributed by atoms with van der Waals surface area (Å²) in [6, 6.07) is -0.00863. The third-order valence-corrected chi connectivity index (χ3v) is 5.84. The second-order valence-corrected chi connectivity index (χ2v) is 7.96. The van der Waals surface area contributed by atoms with E-state index < -0.39 is 0 Å². The number of piperidine rings is 1. The summed E-state index contributed by atoms with van der Waals surface area (Å²) < 4.78 is 1.80. The first-order valence-corrected chi connectivity index (χ1v) is 10.7. The van der Waals surface area contributed by atoms with E-state index in [1.54, 1.807) is 15.8 Å². The van der Waals surface area contributed by atoms with E-state index >= 15 is 0 Å². The van der Waals surface area contributed by atoms with Crippen molar-refractivity contribution in [2.45, 2.75) is 32.9 Å². The van der Waals surface area contributed by atoms with E-state index in [1.807, 2.05) is 13.1 Å². The lowest BCUT2D eigenvalue weighted by molar-refractivity contribution is -0.130. The number of amides is 1. The Kier molecular flexibility index (Phi) is 5.96. The van der Waals surface area contributed by atoms with E-state index in [1.165, 1.54) is 0 Å². The fraction of sp³-hybridized carbons (Fsp3) is 0.500. The number of likely N-dealkylation sites (tertiary alicyclic amines) is 1. The molecule has 1 aliphatic heterocycles. The molecule has 4 rings (SSSR count). The maximum absolute atomic E-state index is 12.1. The first kappa shape index (κ1) is 20.7. The number of hydrogen-bond donors (Lipinski definition) is 3. The monoisotopic (exact) mass is 451 g/mol. The molecule has 1 aliphatic rings. The molecule has 3 aromatic rings. The highest BCUT2D eigenvalue weighted by Gasteiger charge is 2.29. The number of carbonyl (C=O) groups is 1. The van der Waals surface area contributed by atoms with Gasteiger partial charge in [0.2, 0.25) is 11.9 Å². The van der Waals surface area contributed by atoms with Crippen molar-refractivity contribution >= 4 is 57.6 Å². The van der Waals surface area contributed by atoms with Gasteiger partial charge in [0.05, 0.1) is 11.9 Å². The number of halogens is 2. The lowest BCUT2D eigenvalue weighted by atomic mass is 9.93. The summed E-state index contributed by atoms with van der Waals surface area (Å²) in [5.74, 6) is 1.18. The highest BCUT2D eigenvalue weighted by atomic mass is 35.5. The van der Waals surface area contributed by atoms with Crippen molar-refractivity contribution in [2.24, 2.45) is 5.92 Å². The van der Waals surface area contributed by atoms with E-state index in [0.717, 1.165) is 18.7 Å². The van der Waals surface area contributed by atoms with Crippen LogP contribution in [0.4, 0.5) is 17.5 Å². The topological polar surface area (TPSA) is 117 Å². The average molecular weight is 452 g/mol. The van der Waals surface area contributed by atoms with Crippen LogP contribution in [0.3, 0.4) is 0 Å². The minimum absolute atomic E-state index is 0.00863. The third kappa shape index (κ3) is 4.15. The van der Waals surface area contributed by atoms with Gasteiger partial charge in [0.15, 0.2) is 10.8 Å². The Balaban J connectivity index is 1.63. The Labute approximate surface area is 183 Å². The molecule has 160 valence electrons. The average Bonchev–Trinajstić information content (AvgIpc) is 3.35. The molecular formula is C18H23Cl2N9O. The number of anilines is 3. The molecule has 3 aromatic heterocycles. The van der Waals surface area contributed by atoms with Crippen molar-refractivity contribution in [3.05, 3.63) is 17.5 Å². The van der Waals surface area contributed by atoms with Gasteiger partial charge in [-0.05, 0) is 19.3 Å². The van der Waals surface area contributed by atoms with Gasteiger partial charge in [-0.25, -0.2) is 0 Å². The van der Waals surface area contributed by atoms with Crippen molar-refractivity contribution in [2.75, 3.05) is 29.6 Å². The highest BCUT2D eigenvalue weighted by Crippen LogP contribution is 2.30. The number of aromatic nitrogens is 6. The molecule has 1 amide bonds. The van der Waals surface area contributed by atoms with Gasteiger partial charge in [-0.2, -0.15) is 20.2 Å². The molecule has 0 aliphatic carbocycles. The summed E-state index contributed by atoms with van der Waals surface area (Å²) in [5.41, 5.74) is 1.29. The minimum atomic E-state index is -0.0696. The maximum atomic E-state index is 12.1. The van der Waals surface area contributed by atoms with Gasteiger partial charge in [0.25, 0.3) is 0 Å². The van der Waals surface area contributed by atoms with Crippen LogP contribution in [0.5, 0.6) is 0 Å². The smallest absolute Gasteiger partial charge is 0.237 e. The Hall–Kier alpha value is -2.59. The number of hydrogen-bond acceptors (Lipinski definition) is 7. The fourth-order valence-electron chi connectivity index (χ4n) is 3.53. The second-order valence-electron chi connectivity index (χ2n) is 7.33. The summed E-state index contributed by atoms with van der Waals surface area (Å²) in [5, 5.41) is 18.7. The molecule has 0 unspecified atom stereocenters. The predicted molar refractivity (Wildman–Crippen MR) is 116 cm³/mol. The van der Waals surface area contributed by atoms with E-state index in [2.05, 4.69) is 42.8 Å². The van der Waals surface area contributed by atoms with Crippen molar-refractivity contribution in [3.63, 3.8) is 0 Å². The molecule has 2 atom stereocenters. The van der Waals surface area contributed by atoms with Crippen LogP contribution in [0.25, 0.3) is 11.0 Å². The van der Waals surface area contributed by atoms with Crippen LogP contribution in [0, 0.1) is 5.92 Å². The van der Waals surface area contributed by atoms with Crippen molar-refractivity contribution in [1.82, 2.24) is 34.8 Å². The molecule has 1 fully saturated rings. The molecule has 0 radical (unpaired) electrons. The Morgan fingerprint density at radius 3 is 2.97 bits per heavy atom. The molecule has 0 bridgehead atoms. The van der Waals surface area contributed by atoms with Crippen molar-refractivity contribution in [3.8, 4) is 0 Å². The summed E-state index contributed by atoms with van der Waals surface area (Å²) in [6.07, 6.45) is 4.46. The molecule has 0 saturated carbocycles. The Bertz CT molecular complexity index is 1050. The number of fused-ring (bicyclic) bond motifs is 1. The number of carbonyl (C=O) groups excluding carboxylic acids is 1. The summed E-state index contributed by atoms with van der Waals surface area (Å²) in [4.78, 5) is 23.0. The number of nitrogens with one attached hydrogen (secondary N) is 3. The number of H-pyrrole nitrogens is 1. The number of nitrogens with zero attached hydrogens (tertiary/aromatic N) is 6. The van der Waals surface area contributed by atoms with Gasteiger partial charge in [0, 0.05) is 31.9 Å². The van der Waals surface area contributed by atoms with E-state index in [0.29, 0.717) is 41.8 Å². The maximum Gasteiger partial charge on any atom is 0.237 e. The molecule has 10 nitrogen and oxygen atoms in total. The summed E-state index contributed by atoms with van der Waals surface area (Å²) in [6.45, 7) is 6.16. The first-order chi connectivity index (χ1) is 14.5. The predicted octanol–water partition coefficient (Wildman–Crippen LogP) is 2.85. The van der Waals surface area contributed by atoms with Crippen LogP contribution in [0.2, 0.25) is 5.15 Å². The first-order valence-electron chi connectivity index (χ1n) is 9.79. The van der Waals surface area contributed by atoms with Crippen molar-refractivity contribution < 1.29 is 4.79 Å². The second kappa shape index (κ2) is 8.65. The van der Waals surface area contributed by atoms with Crippen LogP contribution in [-0.2, 0) is 11.3 Å². The molecule has 0 spiro atoms. The van der Waals surface area contributed by atoms with E-state index in [9.17, 15) is 4.79 Å². The lowest BCUT2D eigenvalue weighted by Crippen LogP contribution is -2.49. The van der Waals surface area contributed by atoms with Crippen LogP contribution < -0.4 is 10.6 Å². The zero-order valence-electron chi connectivity index (χ0n) is 16.7. The zero-order chi connectivity index (χ0) is 21.3. The number of aryl methyl sites for hydroxylation is 1. The Morgan fingerprint density at radius 2 is 2.23 bits per heavy atom. The van der Waals surface area contributed by atoms with Gasteiger partial charge < -0.3 is 15.5 Å². The van der Waals surface area contributed by atoms with Crippen LogP contribution in [0.15, 0.2) is 12.4 Å². The molecule has 0 aromatic carbocycles. The van der Waals surface area contributed by atoms with E-state index in [4.69, 9.17) is 23.2 Å². The molecule has 30 heavy (non-hydrogen) atoms. The van der Waals surface area contributed by atoms with Gasteiger partial charge in [-0.3, -0.25) is 14.6 Å². The van der Waals surface area contributed by atoms with E-state index in [-0.39, 0.29) is 23.0 Å². The Morgan fingerprint density at radius 1 is 1.40 bits per heavy atom. The van der Waals surface area contributed by atoms with Crippen LogP contribution >= 0.6 is 23.2 Å². The number of aromatic amines is 1. The summed E-state index contributed by atoms with van der Waals surface area (Å²) in [7, 11) is 0. The molecular weight excluding hydrogens is 429 g/mol. The number of alkyl halides is 1. The SMILES string of the molecule is CCn1cc(Nc2nc(N[C@H]3CN(C(=O)CCl)CC[C@H]3C)c3c(Cl)n[nH]c3n2)cn1. The molecule has 3 N–H and O–H groups in total. The normalized spacial score (nSPS) is 19.3. The molecule has 1 saturated heterocycles. The standard InChI is InChI=1S/C18H23Cl2N9O/c1-3-29-8-11(7-21-29)22-18-24-16(14-15(20)26-27-17(14)25-18)23-12-9-28(13(30)6-19)5-4-10(12)2/h7-8,10,12H,3-6,9H2,1-2H3,(H3,22,23,24,25,26,27)/t10-,12+/m1/s1. The lowest BCUT2D eigenvalue weighted by Gasteiger charge is -2.37. The van der Waals surface area contributed by atoms with Gasteiger partial charge >= 0.3 is 0 Å². The van der Waals surface area contributed by atoms with Gasteiger partial charge in [0.1, 0.15) is 17.1 Å². The van der Waals surface area contributed by atoms with Crippen LogP contribution in [-0.4, -0.2) is 65.8 Å². The fourth-order valence-corrected chi connectivity index (χ4v) is 3.92. The highest BCUT2D eigenvalue weighted by molar-refractivity contribution is 6.35. The van der Waals surface area contributed by atoms with Gasteiger partial charge in [-0.1, -0.05) is 18.5 Å². The molecule has 4 heterocycles. The largest absolute Gasteiger partial charge is 0.364 e. The quantitative estimate of drug-likeness (QED) is 0.493. The zero-order valence-corrected chi connectivity index (χ0v) is 18.2. The van der Waals surface area contributed by atoms with Crippen molar-refractivity contribution in [1.29, 1.82) is 0 Å².